The first-order valence-electron chi connectivity index (χ1n) is 8.52. The van der Waals surface area contributed by atoms with Crippen LogP contribution in [0.2, 0.25) is 0 Å². The van der Waals surface area contributed by atoms with E-state index in [1.54, 1.807) is 18.2 Å². The Balaban J connectivity index is 1.81. The molecule has 0 radical (unpaired) electrons. The zero-order valence-electron chi connectivity index (χ0n) is 14.5. The lowest BCUT2D eigenvalue weighted by Crippen LogP contribution is -2.13. The summed E-state index contributed by atoms with van der Waals surface area (Å²) in [6, 6.07) is 12.2. The van der Waals surface area contributed by atoms with Gasteiger partial charge in [0.2, 0.25) is 0 Å². The molecule has 0 amide bonds. The first-order chi connectivity index (χ1) is 12.0. The third-order valence-corrected chi connectivity index (χ3v) is 5.75. The number of hydrogen-bond acceptors (Lipinski definition) is 4. The summed E-state index contributed by atoms with van der Waals surface area (Å²) >= 11 is 0. The molecule has 134 valence electrons. The summed E-state index contributed by atoms with van der Waals surface area (Å²) in [5.74, 6) is 1.49. The highest BCUT2D eigenvalue weighted by Crippen LogP contribution is 2.32. The van der Waals surface area contributed by atoms with E-state index in [0.29, 0.717) is 36.3 Å². The average molecular weight is 361 g/mol. The van der Waals surface area contributed by atoms with Crippen LogP contribution in [0.1, 0.15) is 38.2 Å². The Labute approximate surface area is 149 Å². The minimum Gasteiger partial charge on any atom is -0.490 e. The van der Waals surface area contributed by atoms with Crippen LogP contribution >= 0.6 is 0 Å². The third kappa shape index (κ3) is 4.07. The zero-order chi connectivity index (χ0) is 17.9. The van der Waals surface area contributed by atoms with Gasteiger partial charge in [0.15, 0.2) is 11.5 Å². The summed E-state index contributed by atoms with van der Waals surface area (Å²) < 4.78 is 39.0. The van der Waals surface area contributed by atoms with E-state index in [1.165, 1.54) is 17.7 Å². The molecule has 0 aromatic heterocycles. The van der Waals surface area contributed by atoms with Crippen LogP contribution in [0, 0.1) is 0 Å². The second-order valence-electron chi connectivity index (χ2n) is 6.20. The van der Waals surface area contributed by atoms with Gasteiger partial charge in [-0.3, -0.25) is 4.72 Å². The maximum Gasteiger partial charge on any atom is 0.262 e. The van der Waals surface area contributed by atoms with Crippen molar-refractivity contribution in [3.63, 3.8) is 0 Å². The van der Waals surface area contributed by atoms with Gasteiger partial charge in [-0.2, -0.15) is 0 Å². The molecule has 2 aromatic carbocycles. The molecule has 2 aromatic rings. The lowest BCUT2D eigenvalue weighted by Gasteiger charge is -2.13. The number of anilines is 1. The number of benzene rings is 2. The van der Waals surface area contributed by atoms with Gasteiger partial charge >= 0.3 is 0 Å². The topological polar surface area (TPSA) is 64.6 Å². The van der Waals surface area contributed by atoms with Crippen LogP contribution in [0.15, 0.2) is 47.4 Å². The van der Waals surface area contributed by atoms with Crippen molar-refractivity contribution in [2.24, 2.45) is 0 Å². The second kappa shape index (κ2) is 7.35. The summed E-state index contributed by atoms with van der Waals surface area (Å²) in [4.78, 5) is 0.155. The number of rotatable bonds is 5. The van der Waals surface area contributed by atoms with Crippen LogP contribution in [0.5, 0.6) is 11.5 Å². The molecule has 0 aliphatic carbocycles. The Morgan fingerprint density at radius 3 is 2.40 bits per heavy atom. The summed E-state index contributed by atoms with van der Waals surface area (Å²) in [5, 5.41) is 0. The van der Waals surface area contributed by atoms with E-state index >= 15 is 0 Å². The van der Waals surface area contributed by atoms with Gasteiger partial charge in [-0.15, -0.1) is 0 Å². The van der Waals surface area contributed by atoms with E-state index in [2.05, 4.69) is 18.6 Å². The molecule has 6 heteroatoms. The summed E-state index contributed by atoms with van der Waals surface area (Å²) in [7, 11) is -3.68. The molecule has 1 heterocycles. The molecule has 1 aliphatic heterocycles. The molecule has 0 fully saturated rings. The molecule has 0 saturated heterocycles. The lowest BCUT2D eigenvalue weighted by atomic mass is 9.99. The SMILES string of the molecule is CCC(C)c1ccc(NS(=O)(=O)c2ccc3c(c2)OCCCO3)cc1. The maximum absolute atomic E-state index is 12.6. The molecule has 1 atom stereocenters. The van der Waals surface area contributed by atoms with E-state index in [4.69, 9.17) is 9.47 Å². The predicted molar refractivity (Wildman–Crippen MR) is 98.0 cm³/mol. The third-order valence-electron chi connectivity index (χ3n) is 4.37. The van der Waals surface area contributed by atoms with Crippen molar-refractivity contribution in [2.45, 2.75) is 37.5 Å². The van der Waals surface area contributed by atoms with Crippen molar-refractivity contribution in [2.75, 3.05) is 17.9 Å². The van der Waals surface area contributed by atoms with Crippen LogP contribution in [-0.2, 0) is 10.0 Å². The molecule has 1 aliphatic rings. The van der Waals surface area contributed by atoms with Gasteiger partial charge in [-0.05, 0) is 42.2 Å². The van der Waals surface area contributed by atoms with E-state index < -0.39 is 10.0 Å². The first-order valence-corrected chi connectivity index (χ1v) is 10.0. The molecular weight excluding hydrogens is 338 g/mol. The van der Waals surface area contributed by atoms with Crippen LogP contribution in [-0.4, -0.2) is 21.6 Å². The fraction of sp³-hybridized carbons (Fsp3) is 0.368. The number of fused-ring (bicyclic) bond motifs is 1. The van der Waals surface area contributed by atoms with Gasteiger partial charge in [0, 0.05) is 18.2 Å². The molecule has 3 rings (SSSR count). The van der Waals surface area contributed by atoms with E-state index in [9.17, 15) is 8.42 Å². The van der Waals surface area contributed by atoms with Crippen LogP contribution in [0.25, 0.3) is 0 Å². The predicted octanol–water partition coefficient (Wildman–Crippen LogP) is 4.16. The highest BCUT2D eigenvalue weighted by atomic mass is 32.2. The van der Waals surface area contributed by atoms with Gasteiger partial charge in [0.05, 0.1) is 18.1 Å². The van der Waals surface area contributed by atoms with Gasteiger partial charge in [0.25, 0.3) is 10.0 Å². The Morgan fingerprint density at radius 1 is 1.04 bits per heavy atom. The highest BCUT2D eigenvalue weighted by Gasteiger charge is 2.19. The van der Waals surface area contributed by atoms with Crippen molar-refractivity contribution in [3.8, 4) is 11.5 Å². The number of hydrogen-bond donors (Lipinski definition) is 1. The normalized spacial score (nSPS) is 15.3. The van der Waals surface area contributed by atoms with E-state index in [1.807, 2.05) is 12.1 Å². The summed E-state index contributed by atoms with van der Waals surface area (Å²) in [5.41, 5.74) is 1.74. The molecule has 0 bridgehead atoms. The number of sulfonamides is 1. The van der Waals surface area contributed by atoms with Gasteiger partial charge in [-0.1, -0.05) is 26.0 Å². The standard InChI is InChI=1S/C19H23NO4S/c1-3-14(2)15-5-7-16(8-6-15)20-25(21,22)17-9-10-18-19(13-17)24-12-4-11-23-18/h5-10,13-14,20H,3-4,11-12H2,1-2H3. The summed E-state index contributed by atoms with van der Waals surface area (Å²) in [6.07, 6.45) is 1.82. The van der Waals surface area contributed by atoms with Gasteiger partial charge < -0.3 is 9.47 Å². The zero-order valence-corrected chi connectivity index (χ0v) is 15.3. The number of nitrogens with one attached hydrogen (secondary N) is 1. The molecular formula is C19H23NO4S. The first kappa shape index (κ1) is 17.6. The molecule has 25 heavy (non-hydrogen) atoms. The molecule has 1 unspecified atom stereocenters. The smallest absolute Gasteiger partial charge is 0.262 e. The average Bonchev–Trinajstić information content (AvgIpc) is 2.86. The quantitative estimate of drug-likeness (QED) is 0.868. The van der Waals surface area contributed by atoms with Crippen molar-refractivity contribution in [1.29, 1.82) is 0 Å². The minimum atomic E-state index is -3.68. The lowest BCUT2D eigenvalue weighted by molar-refractivity contribution is 0.297. The minimum absolute atomic E-state index is 0.155. The summed E-state index contributed by atoms with van der Waals surface area (Å²) in [6.45, 7) is 5.36. The van der Waals surface area contributed by atoms with Crippen molar-refractivity contribution < 1.29 is 17.9 Å². The van der Waals surface area contributed by atoms with Crippen LogP contribution in [0.3, 0.4) is 0 Å². The van der Waals surface area contributed by atoms with Gasteiger partial charge in [0.1, 0.15) is 0 Å². The van der Waals surface area contributed by atoms with Crippen molar-refractivity contribution in [3.05, 3.63) is 48.0 Å². The van der Waals surface area contributed by atoms with Gasteiger partial charge in [-0.25, -0.2) is 8.42 Å². The Hall–Kier alpha value is -2.21. The largest absolute Gasteiger partial charge is 0.490 e. The fourth-order valence-corrected chi connectivity index (χ4v) is 3.71. The fourth-order valence-electron chi connectivity index (χ4n) is 2.64. The molecule has 0 saturated carbocycles. The van der Waals surface area contributed by atoms with Crippen molar-refractivity contribution in [1.82, 2.24) is 0 Å². The van der Waals surface area contributed by atoms with E-state index in [0.717, 1.165) is 12.8 Å². The Kier molecular flexibility index (Phi) is 5.18. The maximum atomic E-state index is 12.6. The highest BCUT2D eigenvalue weighted by molar-refractivity contribution is 7.92. The van der Waals surface area contributed by atoms with Crippen LogP contribution < -0.4 is 14.2 Å². The van der Waals surface area contributed by atoms with Crippen molar-refractivity contribution >= 4 is 15.7 Å². The number of ether oxygens (including phenoxy) is 2. The molecule has 0 spiro atoms. The second-order valence-corrected chi connectivity index (χ2v) is 7.88. The molecule has 5 nitrogen and oxygen atoms in total. The van der Waals surface area contributed by atoms with Crippen LogP contribution in [0.4, 0.5) is 5.69 Å². The monoisotopic (exact) mass is 361 g/mol. The Morgan fingerprint density at radius 2 is 1.72 bits per heavy atom. The molecule has 1 N–H and O–H groups in total. The van der Waals surface area contributed by atoms with E-state index in [-0.39, 0.29) is 4.90 Å². The Bertz CT molecular complexity index is 831.